The van der Waals surface area contributed by atoms with Gasteiger partial charge in [-0.3, -0.25) is 4.57 Å². The first-order valence-corrected chi connectivity index (χ1v) is 6.60. The van der Waals surface area contributed by atoms with E-state index >= 15 is 0 Å². The molecule has 0 bridgehead atoms. The highest BCUT2D eigenvalue weighted by molar-refractivity contribution is 5.23. The summed E-state index contributed by atoms with van der Waals surface area (Å²) in [7, 11) is 0. The zero-order valence-electron chi connectivity index (χ0n) is 10.4. The largest absolute Gasteiger partial charge is 0.396 e. The van der Waals surface area contributed by atoms with E-state index < -0.39 is 0 Å². The van der Waals surface area contributed by atoms with Gasteiger partial charge in [0, 0.05) is 18.8 Å². The zero-order valence-corrected chi connectivity index (χ0v) is 10.4. The van der Waals surface area contributed by atoms with Crippen LogP contribution in [0.2, 0.25) is 0 Å². The molecule has 98 valence electrons. The highest BCUT2D eigenvalue weighted by Crippen LogP contribution is 2.57. The summed E-state index contributed by atoms with van der Waals surface area (Å²) in [6, 6.07) is 1.84. The molecule has 1 aromatic heterocycles. The van der Waals surface area contributed by atoms with Crippen LogP contribution in [-0.2, 0) is 0 Å². The predicted molar refractivity (Wildman–Crippen MR) is 68.0 cm³/mol. The third-order valence-electron chi connectivity index (χ3n) is 4.85. The molecule has 0 aliphatic heterocycles. The van der Waals surface area contributed by atoms with E-state index in [1.54, 1.807) is 16.8 Å². The molecule has 0 spiro atoms. The lowest BCUT2D eigenvalue weighted by molar-refractivity contribution is 0.104. The van der Waals surface area contributed by atoms with Crippen molar-refractivity contribution in [2.75, 3.05) is 12.3 Å². The summed E-state index contributed by atoms with van der Waals surface area (Å²) in [5, 5.41) is 9.68. The molecule has 2 aliphatic carbocycles. The Hall–Kier alpha value is -1.36. The van der Waals surface area contributed by atoms with Crippen LogP contribution in [0.4, 0.5) is 5.82 Å². The lowest BCUT2D eigenvalue weighted by Crippen LogP contribution is -2.28. The van der Waals surface area contributed by atoms with E-state index in [0.29, 0.717) is 5.92 Å². The van der Waals surface area contributed by atoms with Gasteiger partial charge >= 0.3 is 5.69 Å². The van der Waals surface area contributed by atoms with Gasteiger partial charge in [0.2, 0.25) is 0 Å². The smallest absolute Gasteiger partial charge is 0.349 e. The summed E-state index contributed by atoms with van der Waals surface area (Å²) in [6.45, 7) is 0.241. The van der Waals surface area contributed by atoms with Crippen molar-refractivity contribution in [1.82, 2.24) is 9.55 Å². The Morgan fingerprint density at radius 3 is 3.11 bits per heavy atom. The fraction of sp³-hybridized carbons (Fsp3) is 0.692. The number of aliphatic hydroxyl groups is 1. The van der Waals surface area contributed by atoms with Crippen LogP contribution in [-0.4, -0.2) is 21.3 Å². The summed E-state index contributed by atoms with van der Waals surface area (Å²) in [5.41, 5.74) is 5.28. The van der Waals surface area contributed by atoms with E-state index in [1.807, 2.05) is 0 Å². The van der Waals surface area contributed by atoms with Gasteiger partial charge in [-0.25, -0.2) is 4.79 Å². The molecule has 0 saturated heterocycles. The third-order valence-corrected chi connectivity index (χ3v) is 4.85. The minimum atomic E-state index is -0.270. The number of fused-ring (bicyclic) bond motifs is 1. The average molecular weight is 249 g/mol. The molecule has 18 heavy (non-hydrogen) atoms. The summed E-state index contributed by atoms with van der Waals surface area (Å²) in [5.74, 6) is 0.822. The van der Waals surface area contributed by atoms with Gasteiger partial charge in [0.25, 0.3) is 0 Å². The molecule has 2 saturated carbocycles. The number of nitrogen functional groups attached to an aromatic ring is 1. The molecule has 3 N–H and O–H groups in total. The summed E-state index contributed by atoms with van der Waals surface area (Å²) in [6.07, 6.45) is 7.07. The molecule has 0 aromatic carbocycles. The molecule has 1 heterocycles. The molecule has 2 aliphatic rings. The minimum Gasteiger partial charge on any atom is -0.396 e. The molecule has 3 atom stereocenters. The van der Waals surface area contributed by atoms with Crippen molar-refractivity contribution in [3.63, 3.8) is 0 Å². The SMILES string of the molecule is Nc1ccn([C@H]2C[C@@H]3CCC[C@]3(CO)C2)c(=O)n1. The van der Waals surface area contributed by atoms with Crippen LogP contribution in [0, 0.1) is 11.3 Å². The number of anilines is 1. The van der Waals surface area contributed by atoms with Gasteiger partial charge in [-0.05, 0) is 43.1 Å². The highest BCUT2D eigenvalue weighted by Gasteiger charge is 2.50. The Bertz CT molecular complexity index is 513. The molecular formula is C13H19N3O2. The van der Waals surface area contributed by atoms with E-state index in [9.17, 15) is 9.90 Å². The van der Waals surface area contributed by atoms with Gasteiger partial charge < -0.3 is 10.8 Å². The van der Waals surface area contributed by atoms with Crippen molar-refractivity contribution in [3.8, 4) is 0 Å². The molecule has 5 nitrogen and oxygen atoms in total. The Morgan fingerprint density at radius 1 is 1.61 bits per heavy atom. The Morgan fingerprint density at radius 2 is 2.44 bits per heavy atom. The molecular weight excluding hydrogens is 230 g/mol. The molecule has 0 unspecified atom stereocenters. The van der Waals surface area contributed by atoms with Crippen LogP contribution >= 0.6 is 0 Å². The number of nitrogens with zero attached hydrogens (tertiary/aromatic N) is 2. The molecule has 0 radical (unpaired) electrons. The molecule has 3 rings (SSSR count). The average Bonchev–Trinajstić information content (AvgIpc) is 2.85. The number of aliphatic hydroxyl groups excluding tert-OH is 1. The summed E-state index contributed by atoms with van der Waals surface area (Å²) < 4.78 is 1.69. The Balaban J connectivity index is 1.90. The van der Waals surface area contributed by atoms with E-state index in [0.717, 1.165) is 19.3 Å². The second kappa shape index (κ2) is 4.09. The normalized spacial score (nSPS) is 34.7. The first-order chi connectivity index (χ1) is 8.64. The molecule has 2 fully saturated rings. The second-order valence-corrected chi connectivity index (χ2v) is 5.75. The maximum absolute atomic E-state index is 11.8. The van der Waals surface area contributed by atoms with Crippen molar-refractivity contribution in [3.05, 3.63) is 22.7 Å². The number of aromatic nitrogens is 2. The number of hydrogen-bond acceptors (Lipinski definition) is 4. The zero-order chi connectivity index (χ0) is 12.8. The van der Waals surface area contributed by atoms with Crippen LogP contribution in [0.3, 0.4) is 0 Å². The fourth-order valence-corrected chi connectivity index (χ4v) is 3.92. The predicted octanol–water partition coefficient (Wildman–Crippen LogP) is 0.939. The van der Waals surface area contributed by atoms with Crippen molar-refractivity contribution < 1.29 is 5.11 Å². The number of hydrogen-bond donors (Lipinski definition) is 2. The number of nitrogens with two attached hydrogens (primary N) is 1. The van der Waals surface area contributed by atoms with Crippen molar-refractivity contribution in [1.29, 1.82) is 0 Å². The van der Waals surface area contributed by atoms with Crippen molar-refractivity contribution in [2.45, 2.75) is 38.1 Å². The van der Waals surface area contributed by atoms with E-state index in [4.69, 9.17) is 5.73 Å². The van der Waals surface area contributed by atoms with Gasteiger partial charge in [0.1, 0.15) is 5.82 Å². The molecule has 1 aromatic rings. The summed E-state index contributed by atoms with van der Waals surface area (Å²) >= 11 is 0. The van der Waals surface area contributed by atoms with Crippen LogP contribution in [0.1, 0.15) is 38.1 Å². The Labute approximate surface area is 106 Å². The van der Waals surface area contributed by atoms with E-state index in [2.05, 4.69) is 4.98 Å². The van der Waals surface area contributed by atoms with Crippen LogP contribution in [0.5, 0.6) is 0 Å². The van der Waals surface area contributed by atoms with Gasteiger partial charge in [0.15, 0.2) is 0 Å². The van der Waals surface area contributed by atoms with Crippen molar-refractivity contribution in [2.24, 2.45) is 11.3 Å². The quantitative estimate of drug-likeness (QED) is 0.817. The first-order valence-electron chi connectivity index (χ1n) is 6.60. The fourth-order valence-electron chi connectivity index (χ4n) is 3.92. The van der Waals surface area contributed by atoms with Gasteiger partial charge in [-0.15, -0.1) is 0 Å². The summed E-state index contributed by atoms with van der Waals surface area (Å²) in [4.78, 5) is 15.6. The lowest BCUT2D eigenvalue weighted by Gasteiger charge is -2.26. The third kappa shape index (κ3) is 1.65. The van der Waals surface area contributed by atoms with Crippen LogP contribution in [0.15, 0.2) is 17.1 Å². The van der Waals surface area contributed by atoms with Gasteiger partial charge in [0.05, 0.1) is 0 Å². The van der Waals surface area contributed by atoms with Crippen LogP contribution in [0.25, 0.3) is 0 Å². The van der Waals surface area contributed by atoms with Crippen LogP contribution < -0.4 is 11.4 Å². The molecule has 0 amide bonds. The van der Waals surface area contributed by atoms with E-state index in [1.165, 1.54) is 12.8 Å². The lowest BCUT2D eigenvalue weighted by atomic mass is 9.81. The first kappa shape index (κ1) is 11.7. The topological polar surface area (TPSA) is 81.1 Å². The monoisotopic (exact) mass is 249 g/mol. The molecule has 5 heteroatoms. The second-order valence-electron chi connectivity index (χ2n) is 5.75. The van der Waals surface area contributed by atoms with Gasteiger partial charge in [-0.1, -0.05) is 6.42 Å². The maximum atomic E-state index is 11.8. The minimum absolute atomic E-state index is 0.0471. The van der Waals surface area contributed by atoms with Gasteiger partial charge in [-0.2, -0.15) is 4.98 Å². The number of rotatable bonds is 2. The standard InChI is InChI=1S/C13H19N3O2/c14-11-3-5-16(12(18)15-11)10-6-9-2-1-4-13(9,7-10)8-17/h3,5,9-10,17H,1-2,4,6-8H2,(H2,14,15,18)/t9-,10-,13+/m0/s1. The Kier molecular flexibility index (Phi) is 2.66. The van der Waals surface area contributed by atoms with E-state index in [-0.39, 0.29) is 29.6 Å². The highest BCUT2D eigenvalue weighted by atomic mass is 16.3. The van der Waals surface area contributed by atoms with Crippen molar-refractivity contribution >= 4 is 5.82 Å². The maximum Gasteiger partial charge on any atom is 0.349 e.